The highest BCUT2D eigenvalue weighted by Gasteiger charge is 2.16. The molecule has 1 N–H and O–H groups in total. The minimum Gasteiger partial charge on any atom is -0.496 e. The maximum absolute atomic E-state index is 10.6. The third-order valence-electron chi connectivity index (χ3n) is 2.82. The normalized spacial score (nSPS) is 10.5. The summed E-state index contributed by atoms with van der Waals surface area (Å²) in [7, 11) is 1.56. The van der Waals surface area contributed by atoms with Crippen molar-refractivity contribution in [2.24, 2.45) is 0 Å². The molecule has 0 atom stereocenters. The van der Waals surface area contributed by atoms with Crippen molar-refractivity contribution in [2.75, 3.05) is 7.11 Å². The second kappa shape index (κ2) is 5.09. The summed E-state index contributed by atoms with van der Waals surface area (Å²) in [6.07, 6.45) is -0.292. The van der Waals surface area contributed by atoms with Gasteiger partial charge in [-0.3, -0.25) is 4.79 Å². The first-order chi connectivity index (χ1) is 9.01. The maximum atomic E-state index is 10.6. The first-order valence-electron chi connectivity index (χ1n) is 5.71. The molecule has 0 fully saturated rings. The zero-order valence-electron chi connectivity index (χ0n) is 10.9. The van der Waals surface area contributed by atoms with Gasteiger partial charge in [0.05, 0.1) is 12.7 Å². The van der Waals surface area contributed by atoms with E-state index in [2.05, 4.69) is 10.2 Å². The van der Waals surface area contributed by atoms with E-state index in [-0.39, 0.29) is 18.2 Å². The Morgan fingerprint density at radius 2 is 2.00 bits per heavy atom. The van der Waals surface area contributed by atoms with E-state index < -0.39 is 5.97 Å². The molecule has 0 aliphatic rings. The fraction of sp³-hybridized carbons (Fsp3) is 0.308. The topological polar surface area (TPSA) is 85.5 Å². The highest BCUT2D eigenvalue weighted by molar-refractivity contribution is 5.69. The first kappa shape index (κ1) is 13.1. The molecular formula is C13H14N2O4. The Hall–Kier alpha value is -2.37. The molecule has 1 aromatic heterocycles. The van der Waals surface area contributed by atoms with Gasteiger partial charge in [-0.1, -0.05) is 0 Å². The van der Waals surface area contributed by atoms with E-state index in [9.17, 15) is 4.79 Å². The van der Waals surface area contributed by atoms with Crippen LogP contribution in [0.5, 0.6) is 5.75 Å². The zero-order chi connectivity index (χ0) is 14.0. The van der Waals surface area contributed by atoms with Crippen molar-refractivity contribution in [3.05, 3.63) is 29.2 Å². The average molecular weight is 262 g/mol. The number of aromatic nitrogens is 2. The van der Waals surface area contributed by atoms with Crippen LogP contribution in [0.4, 0.5) is 0 Å². The molecule has 0 amide bonds. The molecule has 0 aliphatic heterocycles. The maximum Gasteiger partial charge on any atom is 0.312 e. The molecule has 100 valence electrons. The Balaban J connectivity index is 2.43. The number of benzene rings is 1. The van der Waals surface area contributed by atoms with Crippen molar-refractivity contribution in [2.45, 2.75) is 20.3 Å². The average Bonchev–Trinajstić information content (AvgIpc) is 2.79. The predicted molar refractivity (Wildman–Crippen MR) is 67.1 cm³/mol. The fourth-order valence-corrected chi connectivity index (χ4v) is 1.69. The molecule has 0 aliphatic carbocycles. The zero-order valence-corrected chi connectivity index (χ0v) is 10.9. The minimum atomic E-state index is -1.01. The summed E-state index contributed by atoms with van der Waals surface area (Å²) in [5, 5.41) is 16.2. The number of aryl methyl sites for hydroxylation is 2. The van der Waals surface area contributed by atoms with E-state index in [0.29, 0.717) is 11.3 Å². The molecule has 6 nitrogen and oxygen atoms in total. The van der Waals surface area contributed by atoms with E-state index in [1.807, 2.05) is 26.0 Å². The monoisotopic (exact) mass is 262 g/mol. The molecule has 1 aromatic carbocycles. The van der Waals surface area contributed by atoms with Crippen LogP contribution < -0.4 is 4.74 Å². The lowest BCUT2D eigenvalue weighted by atomic mass is 10.1. The molecule has 6 heteroatoms. The number of ether oxygens (including phenoxy) is 1. The largest absolute Gasteiger partial charge is 0.496 e. The number of aliphatic carboxylic acids is 1. The summed E-state index contributed by atoms with van der Waals surface area (Å²) >= 11 is 0. The van der Waals surface area contributed by atoms with Gasteiger partial charge in [-0.05, 0) is 37.1 Å². The van der Waals surface area contributed by atoms with Gasteiger partial charge in [-0.25, -0.2) is 0 Å². The first-order valence-corrected chi connectivity index (χ1v) is 5.71. The number of carboxylic acid groups (broad SMARTS) is 1. The number of hydrogen-bond donors (Lipinski definition) is 1. The smallest absolute Gasteiger partial charge is 0.312 e. The molecule has 1 heterocycles. The summed E-state index contributed by atoms with van der Waals surface area (Å²) in [6, 6.07) is 3.76. The van der Waals surface area contributed by atoms with Crippen LogP contribution in [0.15, 0.2) is 16.5 Å². The van der Waals surface area contributed by atoms with Gasteiger partial charge in [0.1, 0.15) is 12.2 Å². The van der Waals surface area contributed by atoms with Crippen LogP contribution in [-0.4, -0.2) is 28.4 Å². The molecule has 2 rings (SSSR count). The van der Waals surface area contributed by atoms with E-state index in [1.54, 1.807) is 7.11 Å². The predicted octanol–water partition coefficient (Wildman–Crippen LogP) is 1.99. The number of rotatable bonds is 4. The Morgan fingerprint density at radius 1 is 1.32 bits per heavy atom. The van der Waals surface area contributed by atoms with Gasteiger partial charge in [0.25, 0.3) is 5.89 Å². The van der Waals surface area contributed by atoms with Crippen molar-refractivity contribution in [3.63, 3.8) is 0 Å². The number of carbonyl (C=O) groups is 1. The minimum absolute atomic E-state index is 0.0720. The summed E-state index contributed by atoms with van der Waals surface area (Å²) < 4.78 is 10.6. The van der Waals surface area contributed by atoms with Crippen molar-refractivity contribution >= 4 is 5.97 Å². The van der Waals surface area contributed by atoms with Gasteiger partial charge in [-0.2, -0.15) is 0 Å². The van der Waals surface area contributed by atoms with Crippen LogP contribution in [0.25, 0.3) is 11.5 Å². The van der Waals surface area contributed by atoms with Gasteiger partial charge < -0.3 is 14.3 Å². The van der Waals surface area contributed by atoms with Crippen molar-refractivity contribution in [1.29, 1.82) is 0 Å². The standard InChI is InChI=1S/C13H14N2O4/c1-7-4-9(10(18-3)5-8(7)2)13-15-14-11(19-13)6-12(16)17/h4-5H,6H2,1-3H3,(H,16,17). The summed E-state index contributed by atoms with van der Waals surface area (Å²) in [5.41, 5.74) is 2.81. The van der Waals surface area contributed by atoms with E-state index in [1.165, 1.54) is 0 Å². The van der Waals surface area contributed by atoms with Gasteiger partial charge >= 0.3 is 5.97 Å². The van der Waals surface area contributed by atoms with Crippen LogP contribution in [0.2, 0.25) is 0 Å². The van der Waals surface area contributed by atoms with Gasteiger partial charge in [0, 0.05) is 0 Å². The molecular weight excluding hydrogens is 248 g/mol. The number of nitrogens with zero attached hydrogens (tertiary/aromatic N) is 2. The lowest BCUT2D eigenvalue weighted by Gasteiger charge is -2.08. The number of hydrogen-bond acceptors (Lipinski definition) is 5. The van der Waals surface area contributed by atoms with Gasteiger partial charge in [0.15, 0.2) is 0 Å². The Bertz CT molecular complexity index is 619. The molecule has 0 unspecified atom stereocenters. The molecule has 19 heavy (non-hydrogen) atoms. The van der Waals surface area contributed by atoms with Crippen molar-refractivity contribution in [1.82, 2.24) is 10.2 Å². The molecule has 0 saturated heterocycles. The molecule has 0 saturated carbocycles. The summed E-state index contributed by atoms with van der Waals surface area (Å²) in [6.45, 7) is 3.94. The van der Waals surface area contributed by atoms with Crippen molar-refractivity contribution < 1.29 is 19.1 Å². The van der Waals surface area contributed by atoms with Crippen molar-refractivity contribution in [3.8, 4) is 17.2 Å². The molecule has 2 aromatic rings. The third-order valence-corrected chi connectivity index (χ3v) is 2.82. The summed E-state index contributed by atoms with van der Waals surface area (Å²) in [4.78, 5) is 10.6. The Morgan fingerprint density at radius 3 is 2.63 bits per heavy atom. The SMILES string of the molecule is COc1cc(C)c(C)cc1-c1nnc(CC(=O)O)o1. The lowest BCUT2D eigenvalue weighted by molar-refractivity contribution is -0.136. The molecule has 0 bridgehead atoms. The highest BCUT2D eigenvalue weighted by Crippen LogP contribution is 2.31. The van der Waals surface area contributed by atoms with Crippen LogP contribution in [0.1, 0.15) is 17.0 Å². The number of methoxy groups -OCH3 is 1. The van der Waals surface area contributed by atoms with E-state index in [0.717, 1.165) is 11.1 Å². The van der Waals surface area contributed by atoms with Crippen LogP contribution in [0.3, 0.4) is 0 Å². The second-order valence-electron chi connectivity index (χ2n) is 4.21. The van der Waals surface area contributed by atoms with E-state index >= 15 is 0 Å². The quantitative estimate of drug-likeness (QED) is 0.906. The lowest BCUT2D eigenvalue weighted by Crippen LogP contribution is -1.99. The number of carboxylic acids is 1. The Kier molecular flexibility index (Phi) is 3.50. The second-order valence-corrected chi connectivity index (χ2v) is 4.21. The van der Waals surface area contributed by atoms with E-state index in [4.69, 9.17) is 14.3 Å². The fourth-order valence-electron chi connectivity index (χ4n) is 1.69. The third kappa shape index (κ3) is 2.73. The molecule has 0 radical (unpaired) electrons. The van der Waals surface area contributed by atoms with Gasteiger partial charge in [0.2, 0.25) is 5.89 Å². The van der Waals surface area contributed by atoms with Crippen LogP contribution in [0, 0.1) is 13.8 Å². The molecule has 0 spiro atoms. The van der Waals surface area contributed by atoms with Gasteiger partial charge in [-0.15, -0.1) is 10.2 Å². The Labute approximate surface area is 110 Å². The highest BCUT2D eigenvalue weighted by atomic mass is 16.5. The van der Waals surface area contributed by atoms with Crippen LogP contribution >= 0.6 is 0 Å². The summed E-state index contributed by atoms with van der Waals surface area (Å²) in [5.74, 6) is -0.0603. The van der Waals surface area contributed by atoms with Crippen LogP contribution in [-0.2, 0) is 11.2 Å².